The third-order valence-corrected chi connectivity index (χ3v) is 3.88. The van der Waals surface area contributed by atoms with Gasteiger partial charge >= 0.3 is 5.97 Å². The van der Waals surface area contributed by atoms with E-state index in [4.69, 9.17) is 0 Å². The molecule has 0 atom stereocenters. The Kier molecular flexibility index (Phi) is 6.68. The molecule has 0 aliphatic carbocycles. The molecule has 7 heteroatoms. The van der Waals surface area contributed by atoms with Crippen molar-refractivity contribution in [2.75, 3.05) is 13.7 Å². The number of aromatic nitrogens is 2. The second-order valence-corrected chi connectivity index (χ2v) is 5.71. The van der Waals surface area contributed by atoms with Crippen molar-refractivity contribution < 1.29 is 14.3 Å². The molecule has 1 aromatic heterocycles. The van der Waals surface area contributed by atoms with Crippen LogP contribution in [0.4, 0.5) is 0 Å². The highest BCUT2D eigenvalue weighted by Crippen LogP contribution is 2.13. The zero-order valence-corrected chi connectivity index (χ0v) is 14.6. The van der Waals surface area contributed by atoms with Gasteiger partial charge in [0, 0.05) is 24.9 Å². The number of hydrogen-bond donors (Lipinski definition) is 1. The van der Waals surface area contributed by atoms with Crippen LogP contribution in [0.3, 0.4) is 0 Å². The SMILES string of the molecule is CCCCn1nc(C(=O)NCCCC(=O)OC)c2ccccc2c1=O. The van der Waals surface area contributed by atoms with E-state index in [1.807, 2.05) is 6.92 Å². The Hall–Kier alpha value is -2.70. The van der Waals surface area contributed by atoms with Gasteiger partial charge < -0.3 is 10.1 Å². The van der Waals surface area contributed by atoms with Crippen LogP contribution < -0.4 is 10.9 Å². The van der Waals surface area contributed by atoms with E-state index in [1.165, 1.54) is 11.8 Å². The minimum Gasteiger partial charge on any atom is -0.469 e. The fraction of sp³-hybridized carbons (Fsp3) is 0.444. The van der Waals surface area contributed by atoms with Crippen LogP contribution in [0.15, 0.2) is 29.1 Å². The van der Waals surface area contributed by atoms with Crippen molar-refractivity contribution in [3.63, 3.8) is 0 Å². The minimum atomic E-state index is -0.355. The Bertz CT molecular complexity index is 814. The summed E-state index contributed by atoms with van der Waals surface area (Å²) < 4.78 is 5.92. The molecular formula is C18H23N3O4. The summed E-state index contributed by atoms with van der Waals surface area (Å²) in [5, 5.41) is 8.03. The molecule has 1 amide bonds. The molecule has 0 bridgehead atoms. The molecule has 0 saturated heterocycles. The predicted octanol–water partition coefficient (Wildman–Crippen LogP) is 1.88. The van der Waals surface area contributed by atoms with E-state index < -0.39 is 0 Å². The second kappa shape index (κ2) is 8.96. The zero-order valence-electron chi connectivity index (χ0n) is 14.6. The fourth-order valence-corrected chi connectivity index (χ4v) is 2.48. The summed E-state index contributed by atoms with van der Waals surface area (Å²) >= 11 is 0. The second-order valence-electron chi connectivity index (χ2n) is 5.71. The Morgan fingerprint density at radius 1 is 1.20 bits per heavy atom. The molecule has 0 spiro atoms. The summed E-state index contributed by atoms with van der Waals surface area (Å²) in [6.07, 6.45) is 2.45. The fourth-order valence-electron chi connectivity index (χ4n) is 2.48. The maximum Gasteiger partial charge on any atom is 0.305 e. The molecule has 0 aliphatic rings. The van der Waals surface area contributed by atoms with Gasteiger partial charge in [0.2, 0.25) is 0 Å². The number of carbonyl (C=O) groups excluding carboxylic acids is 2. The molecular weight excluding hydrogens is 322 g/mol. The highest BCUT2D eigenvalue weighted by atomic mass is 16.5. The van der Waals surface area contributed by atoms with Crippen molar-refractivity contribution in [3.8, 4) is 0 Å². The van der Waals surface area contributed by atoms with Crippen LogP contribution >= 0.6 is 0 Å². The smallest absolute Gasteiger partial charge is 0.305 e. The first-order chi connectivity index (χ1) is 12.1. The number of fused-ring (bicyclic) bond motifs is 1. The summed E-state index contributed by atoms with van der Waals surface area (Å²) in [5.41, 5.74) is 0.0377. The first kappa shape index (κ1) is 18.6. The molecule has 2 aromatic rings. The molecule has 0 radical (unpaired) electrons. The number of methoxy groups -OCH3 is 1. The van der Waals surface area contributed by atoms with Crippen molar-refractivity contribution >= 4 is 22.6 Å². The topological polar surface area (TPSA) is 90.3 Å². The van der Waals surface area contributed by atoms with Crippen molar-refractivity contribution in [2.24, 2.45) is 0 Å². The Morgan fingerprint density at radius 2 is 1.92 bits per heavy atom. The van der Waals surface area contributed by atoms with E-state index in [0.717, 1.165) is 12.8 Å². The quantitative estimate of drug-likeness (QED) is 0.583. The van der Waals surface area contributed by atoms with Crippen LogP contribution in [-0.2, 0) is 16.1 Å². The van der Waals surface area contributed by atoms with Crippen molar-refractivity contribution in [3.05, 3.63) is 40.3 Å². The molecule has 0 saturated carbocycles. The molecule has 0 aliphatic heterocycles. The molecule has 1 N–H and O–H groups in total. The lowest BCUT2D eigenvalue weighted by Crippen LogP contribution is -2.31. The van der Waals surface area contributed by atoms with E-state index >= 15 is 0 Å². The average Bonchev–Trinajstić information content (AvgIpc) is 2.64. The van der Waals surface area contributed by atoms with Gasteiger partial charge in [-0.1, -0.05) is 31.5 Å². The summed E-state index contributed by atoms with van der Waals surface area (Å²) in [7, 11) is 1.33. The summed E-state index contributed by atoms with van der Waals surface area (Å²) in [5.74, 6) is -0.669. The predicted molar refractivity (Wildman–Crippen MR) is 94.5 cm³/mol. The van der Waals surface area contributed by atoms with Gasteiger partial charge in [-0.15, -0.1) is 0 Å². The molecule has 1 heterocycles. The van der Waals surface area contributed by atoms with Crippen molar-refractivity contribution in [1.82, 2.24) is 15.1 Å². The number of benzene rings is 1. The minimum absolute atomic E-state index is 0.189. The summed E-state index contributed by atoms with van der Waals surface area (Å²) in [6, 6.07) is 6.97. The number of unbranched alkanes of at least 4 members (excludes halogenated alkanes) is 1. The van der Waals surface area contributed by atoms with Gasteiger partial charge in [0.1, 0.15) is 0 Å². The number of aryl methyl sites for hydroxylation is 1. The van der Waals surface area contributed by atoms with E-state index in [9.17, 15) is 14.4 Å². The molecule has 7 nitrogen and oxygen atoms in total. The molecule has 134 valence electrons. The maximum absolute atomic E-state index is 12.5. The lowest BCUT2D eigenvalue weighted by molar-refractivity contribution is -0.140. The van der Waals surface area contributed by atoms with Gasteiger partial charge in [-0.05, 0) is 18.9 Å². The molecule has 0 unspecified atom stereocenters. The zero-order chi connectivity index (χ0) is 18.2. The average molecular weight is 345 g/mol. The van der Waals surface area contributed by atoms with Gasteiger partial charge in [-0.25, -0.2) is 4.68 Å². The Labute approximate surface area is 146 Å². The molecule has 25 heavy (non-hydrogen) atoms. The summed E-state index contributed by atoms with van der Waals surface area (Å²) in [6.45, 7) is 2.84. The van der Waals surface area contributed by atoms with Gasteiger partial charge in [-0.2, -0.15) is 5.10 Å². The van der Waals surface area contributed by atoms with E-state index in [-0.39, 0.29) is 29.6 Å². The summed E-state index contributed by atoms with van der Waals surface area (Å²) in [4.78, 5) is 36.1. The van der Waals surface area contributed by atoms with Gasteiger partial charge in [0.25, 0.3) is 11.5 Å². The van der Waals surface area contributed by atoms with Crippen LogP contribution in [-0.4, -0.2) is 35.3 Å². The largest absolute Gasteiger partial charge is 0.469 e. The van der Waals surface area contributed by atoms with Crippen molar-refractivity contribution in [2.45, 2.75) is 39.2 Å². The monoisotopic (exact) mass is 345 g/mol. The molecule has 1 aromatic carbocycles. The first-order valence-corrected chi connectivity index (χ1v) is 8.43. The van der Waals surface area contributed by atoms with E-state index in [2.05, 4.69) is 15.2 Å². The van der Waals surface area contributed by atoms with Crippen molar-refractivity contribution in [1.29, 1.82) is 0 Å². The third-order valence-electron chi connectivity index (χ3n) is 3.88. The van der Waals surface area contributed by atoms with Gasteiger partial charge in [-0.3, -0.25) is 14.4 Å². The Balaban J connectivity index is 2.23. The number of nitrogens with one attached hydrogen (secondary N) is 1. The highest BCUT2D eigenvalue weighted by molar-refractivity contribution is 6.04. The maximum atomic E-state index is 12.5. The number of nitrogens with zero attached hydrogens (tertiary/aromatic N) is 2. The van der Waals surface area contributed by atoms with Gasteiger partial charge in [0.05, 0.1) is 12.5 Å². The van der Waals surface area contributed by atoms with Crippen LogP contribution in [0.25, 0.3) is 10.8 Å². The number of amides is 1. The lowest BCUT2D eigenvalue weighted by atomic mass is 10.1. The third kappa shape index (κ3) is 4.65. The van der Waals surface area contributed by atoms with E-state index in [0.29, 0.717) is 30.3 Å². The standard InChI is InChI=1S/C18H23N3O4/c1-3-4-12-21-18(24)14-9-6-5-8-13(14)16(20-21)17(23)19-11-7-10-15(22)25-2/h5-6,8-9H,3-4,7,10-12H2,1-2H3,(H,19,23). The van der Waals surface area contributed by atoms with E-state index in [1.54, 1.807) is 24.3 Å². The van der Waals surface area contributed by atoms with Crippen LogP contribution in [0.1, 0.15) is 43.1 Å². The number of ether oxygens (including phenoxy) is 1. The lowest BCUT2D eigenvalue weighted by Gasteiger charge is -2.11. The number of rotatable bonds is 8. The number of esters is 1. The van der Waals surface area contributed by atoms with Crippen LogP contribution in [0, 0.1) is 0 Å². The van der Waals surface area contributed by atoms with Crippen LogP contribution in [0.5, 0.6) is 0 Å². The van der Waals surface area contributed by atoms with Crippen LogP contribution in [0.2, 0.25) is 0 Å². The highest BCUT2D eigenvalue weighted by Gasteiger charge is 2.16. The normalized spacial score (nSPS) is 10.6. The first-order valence-electron chi connectivity index (χ1n) is 8.43. The molecule has 0 fully saturated rings. The number of carbonyl (C=O) groups is 2. The molecule has 2 rings (SSSR count). The number of hydrogen-bond acceptors (Lipinski definition) is 5. The van der Waals surface area contributed by atoms with Gasteiger partial charge in [0.15, 0.2) is 5.69 Å². The Morgan fingerprint density at radius 3 is 2.60 bits per heavy atom.